The number of rotatable bonds is 5. The summed E-state index contributed by atoms with van der Waals surface area (Å²) in [6.07, 6.45) is 1.58. The maximum absolute atomic E-state index is 11.3. The lowest BCUT2D eigenvalue weighted by molar-refractivity contribution is 0.0700. The Balaban J connectivity index is 2.41. The number of benzene rings is 1. The van der Waals surface area contributed by atoms with E-state index in [1.54, 1.807) is 0 Å². The van der Waals surface area contributed by atoms with Crippen molar-refractivity contribution in [3.05, 3.63) is 39.9 Å². The van der Waals surface area contributed by atoms with Gasteiger partial charge in [0, 0.05) is 12.7 Å². The van der Waals surface area contributed by atoms with Crippen LogP contribution < -0.4 is 4.90 Å². The minimum Gasteiger partial charge on any atom is -0.477 e. The van der Waals surface area contributed by atoms with Crippen molar-refractivity contribution in [2.75, 3.05) is 11.9 Å². The van der Waals surface area contributed by atoms with E-state index in [9.17, 15) is 9.90 Å². The fourth-order valence-corrected chi connectivity index (χ4v) is 3.27. The molecule has 4 nitrogen and oxygen atoms in total. The van der Waals surface area contributed by atoms with E-state index in [0.29, 0.717) is 17.0 Å². The number of carboxylic acid groups (broad SMARTS) is 1. The zero-order valence-corrected chi connectivity index (χ0v) is 13.6. The number of carbonyl (C=O) groups is 1. The molecule has 0 spiro atoms. The van der Waals surface area contributed by atoms with Crippen molar-refractivity contribution in [2.24, 2.45) is 0 Å². The number of aromatic nitrogens is 1. The minimum atomic E-state index is -0.892. The van der Waals surface area contributed by atoms with Crippen LogP contribution in [-0.2, 0) is 6.42 Å². The smallest absolute Gasteiger partial charge is 0.347 e. The molecule has 1 aromatic heterocycles. The molecule has 1 N–H and O–H groups in total. The highest BCUT2D eigenvalue weighted by Gasteiger charge is 2.19. The molecule has 112 valence electrons. The van der Waals surface area contributed by atoms with Crippen molar-refractivity contribution in [1.29, 1.82) is 0 Å². The molecule has 0 aliphatic carbocycles. The summed E-state index contributed by atoms with van der Waals surface area (Å²) in [7, 11) is 1.93. The number of nitrogens with zero attached hydrogens (tertiary/aromatic N) is 2. The Labute approximate surface area is 129 Å². The molecule has 2 rings (SSSR count). The maximum atomic E-state index is 11.3. The first-order valence-electron chi connectivity index (χ1n) is 6.98. The largest absolute Gasteiger partial charge is 0.477 e. The quantitative estimate of drug-likeness (QED) is 0.900. The summed E-state index contributed by atoms with van der Waals surface area (Å²) in [5.74, 6) is -0.892. The number of carboxylic acids is 1. The Morgan fingerprint density at radius 1 is 1.38 bits per heavy atom. The zero-order chi connectivity index (χ0) is 15.6. The van der Waals surface area contributed by atoms with Gasteiger partial charge in [-0.05, 0) is 31.9 Å². The monoisotopic (exact) mass is 304 g/mol. The number of aryl methyl sites for hydroxylation is 3. The minimum absolute atomic E-state index is 0.350. The normalized spacial score (nSPS) is 10.7. The summed E-state index contributed by atoms with van der Waals surface area (Å²) in [4.78, 5) is 18.2. The summed E-state index contributed by atoms with van der Waals surface area (Å²) in [5.41, 5.74) is 4.10. The molecular weight excluding hydrogens is 284 g/mol. The predicted molar refractivity (Wildman–Crippen MR) is 87.0 cm³/mol. The second-order valence-corrected chi connectivity index (χ2v) is 6.15. The number of anilines is 2. The lowest BCUT2D eigenvalue weighted by atomic mass is 10.1. The molecule has 0 fully saturated rings. The van der Waals surface area contributed by atoms with Crippen LogP contribution in [0.3, 0.4) is 0 Å². The summed E-state index contributed by atoms with van der Waals surface area (Å²) >= 11 is 1.24. The maximum Gasteiger partial charge on any atom is 0.347 e. The predicted octanol–water partition coefficient (Wildman–Crippen LogP) is 4.18. The van der Waals surface area contributed by atoms with Crippen LogP contribution in [0.15, 0.2) is 18.2 Å². The van der Waals surface area contributed by atoms with Crippen LogP contribution in [0.2, 0.25) is 0 Å². The molecule has 5 heteroatoms. The van der Waals surface area contributed by atoms with Gasteiger partial charge in [-0.1, -0.05) is 42.4 Å². The van der Waals surface area contributed by atoms with Crippen LogP contribution in [0.4, 0.5) is 10.8 Å². The summed E-state index contributed by atoms with van der Waals surface area (Å²) in [5, 5.41) is 10.0. The van der Waals surface area contributed by atoms with E-state index in [2.05, 4.69) is 31.0 Å². The van der Waals surface area contributed by atoms with Crippen LogP contribution in [0.5, 0.6) is 0 Å². The Kier molecular flexibility index (Phi) is 4.63. The molecule has 0 saturated heterocycles. The topological polar surface area (TPSA) is 53.4 Å². The first-order valence-corrected chi connectivity index (χ1v) is 7.79. The van der Waals surface area contributed by atoms with Gasteiger partial charge >= 0.3 is 5.97 Å². The third-order valence-corrected chi connectivity index (χ3v) is 4.53. The van der Waals surface area contributed by atoms with E-state index in [1.807, 2.05) is 24.9 Å². The first kappa shape index (κ1) is 15.5. The van der Waals surface area contributed by atoms with Gasteiger partial charge < -0.3 is 10.0 Å². The summed E-state index contributed by atoms with van der Waals surface area (Å²) in [6, 6.07) is 6.22. The van der Waals surface area contributed by atoms with Gasteiger partial charge in [0.25, 0.3) is 0 Å². The van der Waals surface area contributed by atoms with Crippen molar-refractivity contribution in [2.45, 2.75) is 33.6 Å². The van der Waals surface area contributed by atoms with E-state index in [1.165, 1.54) is 16.9 Å². The van der Waals surface area contributed by atoms with E-state index in [0.717, 1.165) is 22.8 Å². The lowest BCUT2D eigenvalue weighted by Gasteiger charge is -2.18. The molecular formula is C16H20N2O2S. The highest BCUT2D eigenvalue weighted by molar-refractivity contribution is 7.17. The number of thiazole rings is 1. The zero-order valence-electron chi connectivity index (χ0n) is 12.8. The van der Waals surface area contributed by atoms with Gasteiger partial charge in [0.1, 0.15) is 4.88 Å². The molecule has 0 saturated carbocycles. The summed E-state index contributed by atoms with van der Waals surface area (Å²) in [6.45, 7) is 6.14. The van der Waals surface area contributed by atoms with Crippen LogP contribution in [0.1, 0.15) is 39.8 Å². The van der Waals surface area contributed by atoms with Gasteiger partial charge in [0.15, 0.2) is 5.13 Å². The molecule has 0 amide bonds. The standard InChI is InChI=1S/C16H20N2O2S/c1-5-6-12-14(15(19)20)21-16(17-12)18(4)13-8-7-10(2)9-11(13)3/h7-9H,5-6H2,1-4H3,(H,19,20). The number of hydrogen-bond donors (Lipinski definition) is 1. The highest BCUT2D eigenvalue weighted by Crippen LogP contribution is 2.33. The average Bonchev–Trinajstić information content (AvgIpc) is 2.83. The van der Waals surface area contributed by atoms with Crippen molar-refractivity contribution in [1.82, 2.24) is 4.98 Å². The third-order valence-electron chi connectivity index (χ3n) is 3.37. The number of hydrogen-bond acceptors (Lipinski definition) is 4. The molecule has 0 aliphatic rings. The van der Waals surface area contributed by atoms with E-state index < -0.39 is 5.97 Å². The molecule has 0 bridgehead atoms. The molecule has 1 aromatic carbocycles. The Morgan fingerprint density at radius 2 is 2.10 bits per heavy atom. The average molecular weight is 304 g/mol. The van der Waals surface area contributed by atoms with Crippen LogP contribution in [0.25, 0.3) is 0 Å². The van der Waals surface area contributed by atoms with Gasteiger partial charge in [-0.3, -0.25) is 0 Å². The van der Waals surface area contributed by atoms with Gasteiger partial charge in [0.2, 0.25) is 0 Å². The molecule has 0 atom stereocenters. The van der Waals surface area contributed by atoms with Crippen molar-refractivity contribution in [3.63, 3.8) is 0 Å². The molecule has 0 aliphatic heterocycles. The van der Waals surface area contributed by atoms with Crippen molar-refractivity contribution < 1.29 is 9.90 Å². The summed E-state index contributed by atoms with van der Waals surface area (Å²) < 4.78 is 0. The van der Waals surface area contributed by atoms with Crippen molar-refractivity contribution >= 4 is 28.1 Å². The fourth-order valence-electron chi connectivity index (χ4n) is 2.34. The van der Waals surface area contributed by atoms with Crippen LogP contribution in [0, 0.1) is 13.8 Å². The van der Waals surface area contributed by atoms with Gasteiger partial charge in [-0.15, -0.1) is 0 Å². The third kappa shape index (κ3) is 3.24. The Morgan fingerprint density at radius 3 is 2.67 bits per heavy atom. The fraction of sp³-hybridized carbons (Fsp3) is 0.375. The van der Waals surface area contributed by atoms with Gasteiger partial charge in [-0.25, -0.2) is 9.78 Å². The first-order chi connectivity index (χ1) is 9.93. The number of aromatic carboxylic acids is 1. The second-order valence-electron chi connectivity index (χ2n) is 5.18. The molecule has 0 radical (unpaired) electrons. The Bertz CT molecular complexity index is 664. The van der Waals surface area contributed by atoms with Crippen LogP contribution >= 0.6 is 11.3 Å². The van der Waals surface area contributed by atoms with E-state index in [4.69, 9.17) is 0 Å². The molecule has 21 heavy (non-hydrogen) atoms. The molecule has 2 aromatic rings. The second kappa shape index (κ2) is 6.26. The van der Waals surface area contributed by atoms with Gasteiger partial charge in [0.05, 0.1) is 5.69 Å². The Hall–Kier alpha value is -1.88. The lowest BCUT2D eigenvalue weighted by Crippen LogP contribution is -2.10. The van der Waals surface area contributed by atoms with E-state index >= 15 is 0 Å². The van der Waals surface area contributed by atoms with E-state index in [-0.39, 0.29) is 0 Å². The highest BCUT2D eigenvalue weighted by atomic mass is 32.1. The van der Waals surface area contributed by atoms with Crippen molar-refractivity contribution in [3.8, 4) is 0 Å². The molecule has 1 heterocycles. The molecule has 0 unspecified atom stereocenters. The SMILES string of the molecule is CCCc1nc(N(C)c2ccc(C)cc2C)sc1C(=O)O. The van der Waals surface area contributed by atoms with Gasteiger partial charge in [-0.2, -0.15) is 0 Å². The van der Waals surface area contributed by atoms with Crippen LogP contribution in [-0.4, -0.2) is 23.1 Å².